The van der Waals surface area contributed by atoms with E-state index in [-0.39, 0.29) is 5.91 Å². The molecule has 0 saturated carbocycles. The minimum atomic E-state index is -0.353. The predicted octanol–water partition coefficient (Wildman–Crippen LogP) is 3.25. The van der Waals surface area contributed by atoms with Gasteiger partial charge < -0.3 is 4.98 Å². The van der Waals surface area contributed by atoms with Crippen LogP contribution in [0.2, 0.25) is 5.02 Å². The number of rotatable bonds is 2. The fourth-order valence-corrected chi connectivity index (χ4v) is 2.61. The molecule has 0 atom stereocenters. The molecule has 4 N–H and O–H groups in total. The number of carbonyl (C=O) groups is 1. The molecule has 0 aliphatic heterocycles. The van der Waals surface area contributed by atoms with Gasteiger partial charge >= 0.3 is 0 Å². The minimum absolute atomic E-state index is 0.353. The number of nitrogens with one attached hydrogen (secondary N) is 2. The van der Waals surface area contributed by atoms with Gasteiger partial charge in [-0.05, 0) is 36.4 Å². The van der Waals surface area contributed by atoms with Gasteiger partial charge in [-0.3, -0.25) is 10.2 Å². The Morgan fingerprint density at radius 1 is 1.29 bits per heavy atom. The molecule has 2 aromatic carbocycles. The number of carbonyl (C=O) groups excluding carboxylic acids is 1. The molecule has 0 fully saturated rings. The Morgan fingerprint density at radius 2 is 2.10 bits per heavy atom. The van der Waals surface area contributed by atoms with Crippen LogP contribution in [0.15, 0.2) is 40.9 Å². The van der Waals surface area contributed by atoms with Gasteiger partial charge in [0.2, 0.25) is 0 Å². The van der Waals surface area contributed by atoms with Gasteiger partial charge in [0.05, 0.1) is 16.1 Å². The van der Waals surface area contributed by atoms with Crippen LogP contribution < -0.4 is 11.3 Å². The second kappa shape index (κ2) is 5.48. The van der Waals surface area contributed by atoms with Crippen molar-refractivity contribution in [3.63, 3.8) is 0 Å². The largest absolute Gasteiger partial charge is 0.338 e. The van der Waals surface area contributed by atoms with Crippen LogP contribution in [0.5, 0.6) is 0 Å². The number of hydrogen-bond donors (Lipinski definition) is 3. The molecule has 3 aromatic rings. The molecule has 21 heavy (non-hydrogen) atoms. The van der Waals surface area contributed by atoms with E-state index >= 15 is 0 Å². The van der Waals surface area contributed by atoms with Crippen LogP contribution >= 0.6 is 27.5 Å². The molecule has 7 heteroatoms. The highest BCUT2D eigenvalue weighted by atomic mass is 79.9. The first-order valence-corrected chi connectivity index (χ1v) is 7.22. The third kappa shape index (κ3) is 2.65. The lowest BCUT2D eigenvalue weighted by molar-refractivity contribution is 0.0954. The molecule has 0 bridgehead atoms. The third-order valence-corrected chi connectivity index (χ3v) is 3.88. The molecule has 1 heterocycles. The average Bonchev–Trinajstić information content (AvgIpc) is 2.91. The maximum atomic E-state index is 11.5. The van der Waals surface area contributed by atoms with Crippen molar-refractivity contribution in [1.82, 2.24) is 15.4 Å². The van der Waals surface area contributed by atoms with Crippen molar-refractivity contribution >= 4 is 44.5 Å². The van der Waals surface area contributed by atoms with Crippen molar-refractivity contribution in [3.8, 4) is 11.4 Å². The number of nitrogens with zero attached hydrogens (tertiary/aromatic N) is 1. The van der Waals surface area contributed by atoms with E-state index in [0.717, 1.165) is 21.1 Å². The molecular formula is C14H10BrClN4O. The third-order valence-electron chi connectivity index (χ3n) is 3.06. The number of imidazole rings is 1. The number of fused-ring (bicyclic) bond motifs is 1. The Balaban J connectivity index is 2.13. The van der Waals surface area contributed by atoms with Crippen molar-refractivity contribution in [1.29, 1.82) is 0 Å². The zero-order valence-corrected chi connectivity index (χ0v) is 13.0. The SMILES string of the molecule is NNC(=O)c1ccc2nc(-c3cc(Br)ccc3Cl)[nH]c2c1. The molecule has 0 radical (unpaired) electrons. The zero-order valence-electron chi connectivity index (χ0n) is 10.7. The van der Waals surface area contributed by atoms with Crippen molar-refractivity contribution in [2.75, 3.05) is 0 Å². The fourth-order valence-electron chi connectivity index (χ4n) is 2.04. The summed E-state index contributed by atoms with van der Waals surface area (Å²) < 4.78 is 0.908. The van der Waals surface area contributed by atoms with E-state index in [4.69, 9.17) is 17.4 Å². The van der Waals surface area contributed by atoms with Crippen LogP contribution in [0.3, 0.4) is 0 Å². The highest BCUT2D eigenvalue weighted by molar-refractivity contribution is 9.10. The normalized spacial score (nSPS) is 10.8. The number of halogens is 2. The smallest absolute Gasteiger partial charge is 0.265 e. The predicted molar refractivity (Wildman–Crippen MR) is 85.9 cm³/mol. The first kappa shape index (κ1) is 14.1. The summed E-state index contributed by atoms with van der Waals surface area (Å²) in [5.41, 5.74) is 4.83. The van der Waals surface area contributed by atoms with Crippen LogP contribution in [0.4, 0.5) is 0 Å². The second-order valence-electron chi connectivity index (χ2n) is 4.41. The fraction of sp³-hybridized carbons (Fsp3) is 0. The summed E-state index contributed by atoms with van der Waals surface area (Å²) >= 11 is 9.61. The van der Waals surface area contributed by atoms with E-state index in [2.05, 4.69) is 31.3 Å². The number of aromatic amines is 1. The summed E-state index contributed by atoms with van der Waals surface area (Å²) in [4.78, 5) is 19.2. The number of hydrogen-bond acceptors (Lipinski definition) is 3. The van der Waals surface area contributed by atoms with Gasteiger partial charge in [0.15, 0.2) is 0 Å². The lowest BCUT2D eigenvalue weighted by Gasteiger charge is -2.00. The Kier molecular flexibility index (Phi) is 3.67. The number of benzene rings is 2. The monoisotopic (exact) mass is 364 g/mol. The highest BCUT2D eigenvalue weighted by Gasteiger charge is 2.11. The van der Waals surface area contributed by atoms with Crippen LogP contribution in [0.1, 0.15) is 10.4 Å². The molecule has 0 spiro atoms. The van der Waals surface area contributed by atoms with Gasteiger partial charge in [-0.25, -0.2) is 10.8 Å². The van der Waals surface area contributed by atoms with Crippen LogP contribution in [-0.4, -0.2) is 15.9 Å². The first-order valence-electron chi connectivity index (χ1n) is 6.04. The summed E-state index contributed by atoms with van der Waals surface area (Å²) in [5, 5.41) is 0.595. The summed E-state index contributed by atoms with van der Waals surface area (Å²) in [5.74, 6) is 5.42. The molecule has 5 nitrogen and oxygen atoms in total. The van der Waals surface area contributed by atoms with E-state index in [1.54, 1.807) is 24.3 Å². The van der Waals surface area contributed by atoms with Gasteiger partial charge in [-0.1, -0.05) is 27.5 Å². The number of aromatic nitrogens is 2. The van der Waals surface area contributed by atoms with Crippen LogP contribution in [0.25, 0.3) is 22.4 Å². The van der Waals surface area contributed by atoms with Crippen molar-refractivity contribution in [2.24, 2.45) is 5.84 Å². The zero-order chi connectivity index (χ0) is 15.0. The van der Waals surface area contributed by atoms with Gasteiger partial charge in [0.1, 0.15) is 5.82 Å². The van der Waals surface area contributed by atoms with Crippen LogP contribution in [-0.2, 0) is 0 Å². The molecule has 3 rings (SSSR count). The van der Waals surface area contributed by atoms with Gasteiger partial charge in [0.25, 0.3) is 5.91 Å². The second-order valence-corrected chi connectivity index (χ2v) is 5.74. The Bertz CT molecular complexity index is 846. The topological polar surface area (TPSA) is 83.8 Å². The summed E-state index contributed by atoms with van der Waals surface area (Å²) in [6.45, 7) is 0. The van der Waals surface area contributed by atoms with Crippen molar-refractivity contribution in [2.45, 2.75) is 0 Å². The molecule has 1 aromatic heterocycles. The van der Waals surface area contributed by atoms with E-state index in [0.29, 0.717) is 16.4 Å². The number of nitrogen functional groups attached to an aromatic ring is 1. The van der Waals surface area contributed by atoms with E-state index < -0.39 is 0 Å². The number of nitrogens with two attached hydrogens (primary N) is 1. The maximum absolute atomic E-state index is 11.5. The Labute approximate surface area is 133 Å². The van der Waals surface area contributed by atoms with Crippen molar-refractivity contribution in [3.05, 3.63) is 51.5 Å². The highest BCUT2D eigenvalue weighted by Crippen LogP contribution is 2.30. The molecule has 106 valence electrons. The van der Waals surface area contributed by atoms with Gasteiger partial charge in [0, 0.05) is 15.6 Å². The molecule has 0 aliphatic carbocycles. The summed E-state index contributed by atoms with van der Waals surface area (Å²) in [6, 6.07) is 10.6. The molecule has 0 saturated heterocycles. The average molecular weight is 366 g/mol. The first-order chi connectivity index (χ1) is 10.1. The molecular weight excluding hydrogens is 356 g/mol. The summed E-state index contributed by atoms with van der Waals surface area (Å²) in [7, 11) is 0. The molecule has 1 amide bonds. The lowest BCUT2D eigenvalue weighted by Crippen LogP contribution is -2.29. The summed E-state index contributed by atoms with van der Waals surface area (Å²) in [6.07, 6.45) is 0. The number of amides is 1. The molecule has 0 unspecified atom stereocenters. The van der Waals surface area contributed by atoms with E-state index in [1.807, 2.05) is 12.1 Å². The maximum Gasteiger partial charge on any atom is 0.265 e. The Hall–Kier alpha value is -1.89. The standard InChI is InChI=1S/C14H10BrClN4O/c15-8-2-3-10(16)9(6-8)13-18-11-4-1-7(14(21)20-17)5-12(11)19-13/h1-6H,17H2,(H,18,19)(H,20,21). The van der Waals surface area contributed by atoms with Gasteiger partial charge in [-0.15, -0.1) is 0 Å². The number of hydrazine groups is 1. The Morgan fingerprint density at radius 3 is 2.86 bits per heavy atom. The van der Waals surface area contributed by atoms with Crippen LogP contribution in [0, 0.1) is 0 Å². The van der Waals surface area contributed by atoms with E-state index in [9.17, 15) is 4.79 Å². The number of H-pyrrole nitrogens is 1. The van der Waals surface area contributed by atoms with E-state index in [1.165, 1.54) is 0 Å². The van der Waals surface area contributed by atoms with Gasteiger partial charge in [-0.2, -0.15) is 0 Å². The van der Waals surface area contributed by atoms with Crippen molar-refractivity contribution < 1.29 is 4.79 Å². The molecule has 0 aliphatic rings. The quantitative estimate of drug-likeness (QED) is 0.370. The lowest BCUT2D eigenvalue weighted by atomic mass is 10.2. The minimum Gasteiger partial charge on any atom is -0.338 e.